The molecule has 21 heavy (non-hydrogen) atoms. The van der Waals surface area contributed by atoms with Gasteiger partial charge in [-0.3, -0.25) is 4.79 Å². The van der Waals surface area contributed by atoms with Gasteiger partial charge in [-0.25, -0.2) is 4.39 Å². The molecule has 4 heteroatoms. The summed E-state index contributed by atoms with van der Waals surface area (Å²) in [5.41, 5.74) is 7.24. The van der Waals surface area contributed by atoms with E-state index in [1.54, 1.807) is 18.2 Å². The van der Waals surface area contributed by atoms with Crippen LogP contribution < -0.4 is 5.73 Å². The van der Waals surface area contributed by atoms with Crippen LogP contribution in [-0.4, -0.2) is 5.78 Å². The summed E-state index contributed by atoms with van der Waals surface area (Å²) in [6.45, 7) is 3.74. The number of carbonyl (C=O) groups excluding carboxylic acids is 1. The second-order valence-electron chi connectivity index (χ2n) is 5.58. The van der Waals surface area contributed by atoms with Crippen LogP contribution in [0.4, 0.5) is 10.1 Å². The van der Waals surface area contributed by atoms with E-state index in [0.717, 1.165) is 10.0 Å². The van der Waals surface area contributed by atoms with Gasteiger partial charge in [0.2, 0.25) is 0 Å². The number of hydrogen-bond donors (Lipinski definition) is 1. The van der Waals surface area contributed by atoms with Crippen molar-refractivity contribution in [2.75, 3.05) is 5.73 Å². The molecule has 110 valence electrons. The third-order valence-corrected chi connectivity index (χ3v) is 4.46. The fourth-order valence-corrected chi connectivity index (χ4v) is 2.52. The molecular weight excluding hydrogens is 333 g/mol. The predicted octanol–water partition coefficient (Wildman–Crippen LogP) is 4.26. The number of Topliss-reactive ketones (excluding diaryl/α,β-unsaturated/α-hetero) is 1. The van der Waals surface area contributed by atoms with Crippen molar-refractivity contribution >= 4 is 27.4 Å². The van der Waals surface area contributed by atoms with Crippen LogP contribution in [0.2, 0.25) is 0 Å². The van der Waals surface area contributed by atoms with E-state index >= 15 is 0 Å². The SMILES string of the molecule is CC(C)(C(=O)Cc1cc(F)ccc1Br)c1ccc(N)cc1. The van der Waals surface area contributed by atoms with E-state index in [1.807, 2.05) is 26.0 Å². The second-order valence-corrected chi connectivity index (χ2v) is 6.44. The van der Waals surface area contributed by atoms with Crippen molar-refractivity contribution < 1.29 is 9.18 Å². The van der Waals surface area contributed by atoms with Crippen molar-refractivity contribution in [3.63, 3.8) is 0 Å². The molecule has 2 nitrogen and oxygen atoms in total. The molecule has 0 aromatic heterocycles. The van der Waals surface area contributed by atoms with Crippen LogP contribution in [0.5, 0.6) is 0 Å². The summed E-state index contributed by atoms with van der Waals surface area (Å²) in [6.07, 6.45) is 0.176. The van der Waals surface area contributed by atoms with Crippen molar-refractivity contribution in [3.05, 3.63) is 63.9 Å². The first-order valence-electron chi connectivity index (χ1n) is 6.64. The molecule has 0 amide bonds. The molecule has 0 radical (unpaired) electrons. The average molecular weight is 350 g/mol. The number of carbonyl (C=O) groups is 1. The molecule has 0 spiro atoms. The summed E-state index contributed by atoms with van der Waals surface area (Å²) in [5.74, 6) is -0.315. The molecule has 0 unspecified atom stereocenters. The number of nitrogen functional groups attached to an aromatic ring is 1. The van der Waals surface area contributed by atoms with Crippen molar-refractivity contribution in [2.45, 2.75) is 25.7 Å². The van der Waals surface area contributed by atoms with E-state index in [9.17, 15) is 9.18 Å². The van der Waals surface area contributed by atoms with Crippen molar-refractivity contribution in [1.82, 2.24) is 0 Å². The zero-order chi connectivity index (χ0) is 15.6. The Balaban J connectivity index is 2.26. The highest BCUT2D eigenvalue weighted by molar-refractivity contribution is 9.10. The van der Waals surface area contributed by atoms with Gasteiger partial charge in [0.25, 0.3) is 0 Å². The number of ketones is 1. The Morgan fingerprint density at radius 1 is 1.19 bits per heavy atom. The van der Waals surface area contributed by atoms with Gasteiger partial charge >= 0.3 is 0 Å². The molecule has 0 aliphatic rings. The minimum absolute atomic E-state index is 0.0265. The summed E-state index contributed by atoms with van der Waals surface area (Å²) in [7, 11) is 0. The number of benzene rings is 2. The molecule has 2 N–H and O–H groups in total. The topological polar surface area (TPSA) is 43.1 Å². The molecular formula is C17H17BrFNO. The first-order chi connectivity index (χ1) is 9.80. The van der Waals surface area contributed by atoms with Crippen LogP contribution in [0.1, 0.15) is 25.0 Å². The molecule has 0 atom stereocenters. The van der Waals surface area contributed by atoms with E-state index in [2.05, 4.69) is 15.9 Å². The van der Waals surface area contributed by atoms with Gasteiger partial charge in [-0.1, -0.05) is 28.1 Å². The third-order valence-electron chi connectivity index (χ3n) is 3.69. The molecule has 0 bridgehead atoms. The highest BCUT2D eigenvalue weighted by Gasteiger charge is 2.29. The minimum Gasteiger partial charge on any atom is -0.399 e. The Morgan fingerprint density at radius 3 is 2.43 bits per heavy atom. The maximum atomic E-state index is 13.3. The van der Waals surface area contributed by atoms with Gasteiger partial charge in [0.1, 0.15) is 11.6 Å². The van der Waals surface area contributed by atoms with Crippen molar-refractivity contribution in [3.8, 4) is 0 Å². The third kappa shape index (κ3) is 3.50. The van der Waals surface area contributed by atoms with Crippen LogP contribution >= 0.6 is 15.9 Å². The lowest BCUT2D eigenvalue weighted by atomic mass is 9.78. The zero-order valence-corrected chi connectivity index (χ0v) is 13.6. The predicted molar refractivity (Wildman–Crippen MR) is 86.7 cm³/mol. The molecule has 0 saturated heterocycles. The highest BCUT2D eigenvalue weighted by atomic mass is 79.9. The largest absolute Gasteiger partial charge is 0.399 e. The van der Waals surface area contributed by atoms with E-state index in [0.29, 0.717) is 11.3 Å². The van der Waals surface area contributed by atoms with Crippen LogP contribution in [0.25, 0.3) is 0 Å². The Hall–Kier alpha value is -1.68. The van der Waals surface area contributed by atoms with Crippen LogP contribution in [-0.2, 0) is 16.6 Å². The summed E-state index contributed by atoms with van der Waals surface area (Å²) in [4.78, 5) is 12.6. The van der Waals surface area contributed by atoms with E-state index in [4.69, 9.17) is 5.73 Å². The van der Waals surface area contributed by atoms with Gasteiger partial charge in [-0.2, -0.15) is 0 Å². The van der Waals surface area contributed by atoms with Crippen LogP contribution in [0.15, 0.2) is 46.9 Å². The Morgan fingerprint density at radius 2 is 1.81 bits per heavy atom. The lowest BCUT2D eigenvalue weighted by molar-refractivity contribution is -0.122. The van der Waals surface area contributed by atoms with Crippen molar-refractivity contribution in [2.24, 2.45) is 0 Å². The van der Waals surface area contributed by atoms with Gasteiger partial charge in [-0.05, 0) is 55.3 Å². The van der Waals surface area contributed by atoms with Gasteiger partial charge in [-0.15, -0.1) is 0 Å². The van der Waals surface area contributed by atoms with Gasteiger partial charge in [0, 0.05) is 22.0 Å². The second kappa shape index (κ2) is 5.98. The molecule has 2 rings (SSSR count). The van der Waals surface area contributed by atoms with Crippen molar-refractivity contribution in [1.29, 1.82) is 0 Å². The smallest absolute Gasteiger partial charge is 0.147 e. The fraction of sp³-hybridized carbons (Fsp3) is 0.235. The Labute approximate surface area is 132 Å². The average Bonchev–Trinajstić information content (AvgIpc) is 2.43. The molecule has 2 aromatic carbocycles. The maximum Gasteiger partial charge on any atom is 0.147 e. The molecule has 0 aliphatic carbocycles. The standard InChI is InChI=1S/C17H17BrFNO/c1-17(2,12-3-6-14(20)7-4-12)16(21)10-11-9-13(19)5-8-15(11)18/h3-9H,10,20H2,1-2H3. The summed E-state index contributed by atoms with van der Waals surface area (Å²) < 4.78 is 14.1. The lowest BCUT2D eigenvalue weighted by Gasteiger charge is -2.24. The summed E-state index contributed by atoms with van der Waals surface area (Å²) in [5, 5.41) is 0. The highest BCUT2D eigenvalue weighted by Crippen LogP contribution is 2.28. The Kier molecular flexibility index (Phi) is 4.47. The molecule has 2 aromatic rings. The molecule has 0 aliphatic heterocycles. The van der Waals surface area contributed by atoms with E-state index in [1.165, 1.54) is 12.1 Å². The first kappa shape index (κ1) is 15.7. The van der Waals surface area contributed by atoms with Gasteiger partial charge in [0.05, 0.1) is 0 Å². The van der Waals surface area contributed by atoms with Crippen LogP contribution in [0.3, 0.4) is 0 Å². The summed E-state index contributed by atoms with van der Waals surface area (Å²) in [6, 6.07) is 11.6. The Bertz CT molecular complexity index is 665. The molecule has 0 saturated carbocycles. The fourth-order valence-electron chi connectivity index (χ4n) is 2.13. The summed E-state index contributed by atoms with van der Waals surface area (Å²) >= 11 is 3.36. The van der Waals surface area contributed by atoms with Crippen LogP contribution in [0, 0.1) is 5.82 Å². The number of hydrogen-bond acceptors (Lipinski definition) is 2. The number of halogens is 2. The van der Waals surface area contributed by atoms with Gasteiger partial charge < -0.3 is 5.73 Å². The quantitative estimate of drug-likeness (QED) is 0.838. The lowest BCUT2D eigenvalue weighted by Crippen LogP contribution is -2.30. The normalized spacial score (nSPS) is 11.4. The number of anilines is 1. The zero-order valence-electron chi connectivity index (χ0n) is 12.0. The monoisotopic (exact) mass is 349 g/mol. The maximum absolute atomic E-state index is 13.3. The van der Waals surface area contributed by atoms with E-state index in [-0.39, 0.29) is 18.0 Å². The number of rotatable bonds is 4. The minimum atomic E-state index is -0.653. The molecule has 0 heterocycles. The number of nitrogens with two attached hydrogens (primary N) is 1. The molecule has 0 fully saturated rings. The van der Waals surface area contributed by atoms with E-state index < -0.39 is 5.41 Å². The first-order valence-corrected chi connectivity index (χ1v) is 7.43. The van der Waals surface area contributed by atoms with Gasteiger partial charge in [0.15, 0.2) is 0 Å².